The van der Waals surface area contributed by atoms with Crippen LogP contribution >= 0.6 is 0 Å². The molecule has 0 aromatic heterocycles. The minimum absolute atomic E-state index is 0.0725. The van der Waals surface area contributed by atoms with Gasteiger partial charge in [-0.25, -0.2) is 0 Å². The molecule has 2 atom stereocenters. The fourth-order valence-electron chi connectivity index (χ4n) is 2.68. The number of hydrogen-bond acceptors (Lipinski definition) is 4. The highest BCUT2D eigenvalue weighted by Gasteiger charge is 2.47. The molecule has 0 saturated heterocycles. The lowest BCUT2D eigenvalue weighted by atomic mass is 9.96. The first-order valence-electron chi connectivity index (χ1n) is 7.32. The third-order valence-electron chi connectivity index (χ3n) is 3.44. The summed E-state index contributed by atoms with van der Waals surface area (Å²) < 4.78 is 46.7. The first-order valence-corrected chi connectivity index (χ1v) is 7.32. The summed E-state index contributed by atoms with van der Waals surface area (Å²) in [7, 11) is 0. The number of nitrogens with one attached hydrogen (secondary N) is 1. The highest BCUT2D eigenvalue weighted by atomic mass is 19.4. The topological polar surface area (TPSA) is 47.6 Å². The normalized spacial score (nSPS) is 26.3. The summed E-state index contributed by atoms with van der Waals surface area (Å²) in [5.74, 6) is -0.347. The molecular weight excluding hydrogens is 287 g/mol. The Morgan fingerprint density at radius 3 is 2.62 bits per heavy atom. The number of halogens is 3. The van der Waals surface area contributed by atoms with Crippen LogP contribution in [0.5, 0.6) is 0 Å². The molecule has 1 saturated carbocycles. The summed E-state index contributed by atoms with van der Waals surface area (Å²) in [6.45, 7) is 5.47. The Labute approximate surface area is 123 Å². The quantitative estimate of drug-likeness (QED) is 0.735. The standard InChI is InChI=1S/C14H24F3NO3/c1-4-20-12(19)13(18-10(2)3)6-5-11(9-13)21-8-7-14(15,16)17/h10-11,18H,4-9H2,1-3H3. The van der Waals surface area contributed by atoms with E-state index in [0.717, 1.165) is 0 Å². The van der Waals surface area contributed by atoms with E-state index in [2.05, 4.69) is 5.32 Å². The fourth-order valence-corrected chi connectivity index (χ4v) is 2.68. The average Bonchev–Trinajstić information content (AvgIpc) is 2.71. The number of rotatable bonds is 7. The number of hydrogen-bond donors (Lipinski definition) is 1. The van der Waals surface area contributed by atoms with Gasteiger partial charge in [0.15, 0.2) is 0 Å². The molecule has 1 rings (SSSR count). The summed E-state index contributed by atoms with van der Waals surface area (Å²) in [6.07, 6.45) is -4.11. The Balaban J connectivity index is 2.57. The summed E-state index contributed by atoms with van der Waals surface area (Å²) in [4.78, 5) is 12.2. The Bertz CT molecular complexity index is 347. The molecule has 2 unspecified atom stereocenters. The molecule has 0 bridgehead atoms. The number of ether oxygens (including phenoxy) is 2. The van der Waals surface area contributed by atoms with Gasteiger partial charge in [0.25, 0.3) is 0 Å². The zero-order valence-electron chi connectivity index (χ0n) is 12.8. The van der Waals surface area contributed by atoms with Crippen molar-refractivity contribution in [1.29, 1.82) is 0 Å². The van der Waals surface area contributed by atoms with E-state index in [4.69, 9.17) is 9.47 Å². The molecule has 1 aliphatic rings. The van der Waals surface area contributed by atoms with Crippen molar-refractivity contribution in [2.75, 3.05) is 13.2 Å². The van der Waals surface area contributed by atoms with Gasteiger partial charge in [-0.1, -0.05) is 0 Å². The third-order valence-corrected chi connectivity index (χ3v) is 3.44. The monoisotopic (exact) mass is 311 g/mol. The molecule has 0 radical (unpaired) electrons. The van der Waals surface area contributed by atoms with Gasteiger partial charge in [-0.3, -0.25) is 10.1 Å². The van der Waals surface area contributed by atoms with E-state index >= 15 is 0 Å². The average molecular weight is 311 g/mol. The van der Waals surface area contributed by atoms with Gasteiger partial charge in [0.1, 0.15) is 5.54 Å². The molecule has 1 fully saturated rings. The van der Waals surface area contributed by atoms with Crippen molar-refractivity contribution in [2.45, 2.75) is 70.3 Å². The highest BCUT2D eigenvalue weighted by Crippen LogP contribution is 2.34. The van der Waals surface area contributed by atoms with Gasteiger partial charge in [-0.2, -0.15) is 13.2 Å². The van der Waals surface area contributed by atoms with Crippen molar-refractivity contribution < 1.29 is 27.4 Å². The predicted molar refractivity (Wildman–Crippen MR) is 71.9 cm³/mol. The molecule has 124 valence electrons. The van der Waals surface area contributed by atoms with E-state index in [1.165, 1.54) is 0 Å². The minimum atomic E-state index is -4.22. The largest absolute Gasteiger partial charge is 0.465 e. The van der Waals surface area contributed by atoms with E-state index in [9.17, 15) is 18.0 Å². The van der Waals surface area contributed by atoms with Crippen LogP contribution in [0.2, 0.25) is 0 Å². The molecule has 0 aliphatic heterocycles. The van der Waals surface area contributed by atoms with Gasteiger partial charge in [-0.15, -0.1) is 0 Å². The van der Waals surface area contributed by atoms with Crippen LogP contribution in [0.1, 0.15) is 46.5 Å². The number of carbonyl (C=O) groups is 1. The third kappa shape index (κ3) is 5.82. The lowest BCUT2D eigenvalue weighted by molar-refractivity contribution is -0.154. The molecule has 0 amide bonds. The van der Waals surface area contributed by atoms with Crippen LogP contribution < -0.4 is 5.32 Å². The molecule has 0 aromatic rings. The number of esters is 1. The molecule has 1 N–H and O–H groups in total. The first kappa shape index (κ1) is 18.2. The van der Waals surface area contributed by atoms with Gasteiger partial charge in [0, 0.05) is 12.5 Å². The summed E-state index contributed by atoms with van der Waals surface area (Å²) in [5.41, 5.74) is -0.840. The second-order valence-electron chi connectivity index (χ2n) is 5.70. The zero-order chi connectivity index (χ0) is 16.1. The van der Waals surface area contributed by atoms with Gasteiger partial charge in [0.2, 0.25) is 0 Å². The van der Waals surface area contributed by atoms with Crippen molar-refractivity contribution in [1.82, 2.24) is 5.32 Å². The van der Waals surface area contributed by atoms with Gasteiger partial charge in [0.05, 0.1) is 25.7 Å². The SMILES string of the molecule is CCOC(=O)C1(NC(C)C)CCC(OCCC(F)(F)F)C1. The summed E-state index contributed by atoms with van der Waals surface area (Å²) >= 11 is 0. The molecule has 21 heavy (non-hydrogen) atoms. The van der Waals surface area contributed by atoms with Crippen LogP contribution in [0, 0.1) is 0 Å². The van der Waals surface area contributed by atoms with E-state index in [1.54, 1.807) is 6.92 Å². The molecule has 0 heterocycles. The molecular formula is C14H24F3NO3. The van der Waals surface area contributed by atoms with Crippen molar-refractivity contribution in [3.05, 3.63) is 0 Å². The van der Waals surface area contributed by atoms with Crippen LogP contribution in [-0.2, 0) is 14.3 Å². The fraction of sp³-hybridized carbons (Fsp3) is 0.929. The lowest BCUT2D eigenvalue weighted by Gasteiger charge is -2.30. The predicted octanol–water partition coefficient (Wildman–Crippen LogP) is 2.81. The maximum absolute atomic E-state index is 12.2. The van der Waals surface area contributed by atoms with E-state index in [-0.39, 0.29) is 31.3 Å². The van der Waals surface area contributed by atoms with E-state index in [1.807, 2.05) is 13.8 Å². The number of alkyl halides is 3. The van der Waals surface area contributed by atoms with Crippen molar-refractivity contribution in [2.24, 2.45) is 0 Å². The Hall–Kier alpha value is -0.820. The summed E-state index contributed by atoms with van der Waals surface area (Å²) in [6, 6.07) is 0.0725. The van der Waals surface area contributed by atoms with Crippen molar-refractivity contribution in [3.63, 3.8) is 0 Å². The van der Waals surface area contributed by atoms with Crippen LogP contribution in [0.15, 0.2) is 0 Å². The van der Waals surface area contributed by atoms with Gasteiger partial charge in [-0.05, 0) is 33.6 Å². The van der Waals surface area contributed by atoms with Crippen LogP contribution in [-0.4, -0.2) is 43.0 Å². The molecule has 0 spiro atoms. The lowest BCUT2D eigenvalue weighted by Crippen LogP contribution is -2.54. The van der Waals surface area contributed by atoms with Crippen molar-refractivity contribution >= 4 is 5.97 Å². The molecule has 1 aliphatic carbocycles. The second kappa shape index (κ2) is 7.45. The Morgan fingerprint density at radius 1 is 1.43 bits per heavy atom. The number of carbonyl (C=O) groups excluding carboxylic acids is 1. The maximum Gasteiger partial charge on any atom is 0.391 e. The van der Waals surface area contributed by atoms with E-state index < -0.39 is 18.1 Å². The molecule has 4 nitrogen and oxygen atoms in total. The van der Waals surface area contributed by atoms with Gasteiger partial charge >= 0.3 is 12.1 Å². The minimum Gasteiger partial charge on any atom is -0.465 e. The Kier molecular flexibility index (Phi) is 6.46. The first-order chi connectivity index (χ1) is 9.68. The van der Waals surface area contributed by atoms with Crippen LogP contribution in [0.4, 0.5) is 13.2 Å². The molecule has 0 aromatic carbocycles. The zero-order valence-corrected chi connectivity index (χ0v) is 12.8. The maximum atomic E-state index is 12.2. The smallest absolute Gasteiger partial charge is 0.391 e. The van der Waals surface area contributed by atoms with Gasteiger partial charge < -0.3 is 9.47 Å². The van der Waals surface area contributed by atoms with E-state index in [0.29, 0.717) is 19.3 Å². The van der Waals surface area contributed by atoms with Crippen LogP contribution in [0.25, 0.3) is 0 Å². The summed E-state index contributed by atoms with van der Waals surface area (Å²) in [5, 5.41) is 3.20. The van der Waals surface area contributed by atoms with Crippen LogP contribution in [0.3, 0.4) is 0 Å². The highest BCUT2D eigenvalue weighted by molar-refractivity contribution is 5.81. The second-order valence-corrected chi connectivity index (χ2v) is 5.70. The molecule has 7 heteroatoms. The Morgan fingerprint density at radius 2 is 2.10 bits per heavy atom. The van der Waals surface area contributed by atoms with Crippen molar-refractivity contribution in [3.8, 4) is 0 Å².